The molecule has 2 heteroatoms. The molecule has 1 fully saturated rings. The molecule has 0 heterocycles. The van der Waals surface area contributed by atoms with Crippen LogP contribution in [-0.2, 0) is 0 Å². The molecular weight excluding hydrogens is 190 g/mol. The van der Waals surface area contributed by atoms with Gasteiger partial charge < -0.3 is 5.73 Å². The van der Waals surface area contributed by atoms with Crippen LogP contribution in [0.2, 0.25) is 0 Å². The summed E-state index contributed by atoms with van der Waals surface area (Å²) in [5, 5.41) is 1.84. The van der Waals surface area contributed by atoms with Gasteiger partial charge in [0, 0.05) is 10.5 Å². The van der Waals surface area contributed by atoms with Crippen molar-refractivity contribution < 1.29 is 0 Å². The largest absolute Gasteiger partial charge is 0.330 e. The van der Waals surface area contributed by atoms with E-state index in [-0.39, 0.29) is 0 Å². The number of hydrogen-bond donors (Lipinski definition) is 1. The van der Waals surface area contributed by atoms with Gasteiger partial charge in [0.2, 0.25) is 0 Å². The average Bonchev–Trinajstić information content (AvgIpc) is 2.25. The lowest BCUT2D eigenvalue weighted by atomic mass is 10.0. The first-order chi connectivity index (χ1) is 6.86. The van der Waals surface area contributed by atoms with E-state index in [2.05, 4.69) is 18.7 Å². The van der Waals surface area contributed by atoms with Crippen LogP contribution in [0, 0.1) is 0 Å². The zero-order valence-corrected chi connectivity index (χ0v) is 10.3. The van der Waals surface area contributed by atoms with Gasteiger partial charge in [-0.05, 0) is 38.6 Å². The van der Waals surface area contributed by atoms with E-state index in [1.54, 1.807) is 0 Å². The van der Waals surface area contributed by atoms with E-state index in [1.807, 2.05) is 0 Å². The Kier molecular flexibility index (Phi) is 6.70. The van der Waals surface area contributed by atoms with Gasteiger partial charge in [-0.2, -0.15) is 11.8 Å². The third-order valence-corrected chi connectivity index (χ3v) is 4.93. The fourth-order valence-electron chi connectivity index (χ4n) is 2.19. The van der Waals surface area contributed by atoms with Gasteiger partial charge in [0.1, 0.15) is 0 Å². The van der Waals surface area contributed by atoms with Crippen LogP contribution in [0.3, 0.4) is 0 Å². The molecular formula is C12H25NS. The zero-order chi connectivity index (χ0) is 10.2. The molecule has 84 valence electrons. The van der Waals surface area contributed by atoms with Gasteiger partial charge in [0.25, 0.3) is 0 Å². The van der Waals surface area contributed by atoms with E-state index in [4.69, 9.17) is 5.73 Å². The maximum atomic E-state index is 5.56. The Morgan fingerprint density at radius 2 is 2.00 bits per heavy atom. The van der Waals surface area contributed by atoms with Crippen LogP contribution >= 0.6 is 11.8 Å². The van der Waals surface area contributed by atoms with Crippen molar-refractivity contribution in [3.8, 4) is 0 Å². The summed E-state index contributed by atoms with van der Waals surface area (Å²) in [7, 11) is 0. The quantitative estimate of drug-likeness (QED) is 0.733. The topological polar surface area (TPSA) is 26.0 Å². The van der Waals surface area contributed by atoms with E-state index in [0.29, 0.717) is 0 Å². The van der Waals surface area contributed by atoms with Crippen molar-refractivity contribution in [1.82, 2.24) is 0 Å². The molecule has 1 rings (SSSR count). The van der Waals surface area contributed by atoms with Gasteiger partial charge >= 0.3 is 0 Å². The minimum Gasteiger partial charge on any atom is -0.330 e. The molecule has 1 aliphatic rings. The minimum atomic E-state index is 0.863. The maximum Gasteiger partial charge on any atom is 0.00498 e. The molecule has 0 amide bonds. The lowest BCUT2D eigenvalue weighted by Gasteiger charge is -2.25. The summed E-state index contributed by atoms with van der Waals surface area (Å²) < 4.78 is 0. The van der Waals surface area contributed by atoms with Crippen LogP contribution in [0.25, 0.3) is 0 Å². The molecule has 0 spiro atoms. The molecule has 0 aromatic heterocycles. The highest BCUT2D eigenvalue weighted by Crippen LogP contribution is 2.33. The molecule has 0 aromatic rings. The van der Waals surface area contributed by atoms with Gasteiger partial charge in [-0.1, -0.05) is 26.2 Å². The van der Waals surface area contributed by atoms with Crippen molar-refractivity contribution >= 4 is 11.8 Å². The molecule has 14 heavy (non-hydrogen) atoms. The summed E-state index contributed by atoms with van der Waals surface area (Å²) in [6, 6.07) is 0. The summed E-state index contributed by atoms with van der Waals surface area (Å²) >= 11 is 2.25. The lowest BCUT2D eigenvalue weighted by Crippen LogP contribution is -2.15. The van der Waals surface area contributed by atoms with Crippen molar-refractivity contribution in [2.75, 3.05) is 6.54 Å². The van der Waals surface area contributed by atoms with Crippen molar-refractivity contribution in [1.29, 1.82) is 0 Å². The van der Waals surface area contributed by atoms with E-state index in [9.17, 15) is 0 Å². The predicted octanol–water partition coefficient (Wildman–Crippen LogP) is 3.57. The fraction of sp³-hybridized carbons (Fsp3) is 1.00. The zero-order valence-electron chi connectivity index (χ0n) is 9.50. The number of nitrogens with two attached hydrogens (primary N) is 1. The van der Waals surface area contributed by atoms with Crippen LogP contribution in [-0.4, -0.2) is 17.0 Å². The van der Waals surface area contributed by atoms with Gasteiger partial charge in [0.05, 0.1) is 0 Å². The molecule has 1 saturated carbocycles. The Morgan fingerprint density at radius 3 is 2.57 bits per heavy atom. The van der Waals surface area contributed by atoms with E-state index in [0.717, 1.165) is 17.0 Å². The SMILES string of the molecule is CCC(CCCN)SC1CCCCC1. The molecule has 0 aliphatic heterocycles. The fourth-order valence-corrected chi connectivity index (χ4v) is 3.83. The molecule has 0 bridgehead atoms. The Morgan fingerprint density at radius 1 is 1.29 bits per heavy atom. The number of hydrogen-bond acceptors (Lipinski definition) is 2. The molecule has 0 radical (unpaired) electrons. The second-order valence-electron chi connectivity index (χ2n) is 4.36. The van der Waals surface area contributed by atoms with Gasteiger partial charge in [0.15, 0.2) is 0 Å². The van der Waals surface area contributed by atoms with E-state index >= 15 is 0 Å². The van der Waals surface area contributed by atoms with Gasteiger partial charge in [-0.3, -0.25) is 0 Å². The normalized spacial score (nSPS) is 21.0. The van der Waals surface area contributed by atoms with Crippen LogP contribution in [0.1, 0.15) is 58.3 Å². The highest BCUT2D eigenvalue weighted by Gasteiger charge is 2.17. The minimum absolute atomic E-state index is 0.863. The Bertz CT molecular complexity index is 132. The molecule has 1 aliphatic carbocycles. The van der Waals surface area contributed by atoms with E-state index in [1.165, 1.54) is 51.4 Å². The molecule has 1 nitrogen and oxygen atoms in total. The monoisotopic (exact) mass is 215 g/mol. The first-order valence-corrected chi connectivity index (χ1v) is 7.16. The van der Waals surface area contributed by atoms with Gasteiger partial charge in [-0.15, -0.1) is 0 Å². The Balaban J connectivity index is 2.16. The van der Waals surface area contributed by atoms with Crippen molar-refractivity contribution in [3.63, 3.8) is 0 Å². The van der Waals surface area contributed by atoms with E-state index < -0.39 is 0 Å². The van der Waals surface area contributed by atoms with Crippen molar-refractivity contribution in [2.24, 2.45) is 5.73 Å². The Labute approximate surface area is 93.2 Å². The first kappa shape index (κ1) is 12.4. The molecule has 0 saturated heterocycles. The summed E-state index contributed by atoms with van der Waals surface area (Å²) in [5.41, 5.74) is 5.56. The van der Waals surface area contributed by atoms with Gasteiger partial charge in [-0.25, -0.2) is 0 Å². The third-order valence-electron chi connectivity index (χ3n) is 3.12. The summed E-state index contributed by atoms with van der Waals surface area (Å²) in [6.45, 7) is 3.18. The first-order valence-electron chi connectivity index (χ1n) is 6.22. The van der Waals surface area contributed by atoms with Crippen molar-refractivity contribution in [3.05, 3.63) is 0 Å². The van der Waals surface area contributed by atoms with Crippen molar-refractivity contribution in [2.45, 2.75) is 68.8 Å². The molecule has 0 aromatic carbocycles. The lowest BCUT2D eigenvalue weighted by molar-refractivity contribution is 0.513. The number of thioether (sulfide) groups is 1. The molecule has 1 atom stereocenters. The number of rotatable bonds is 6. The van der Waals surface area contributed by atoms with Crippen LogP contribution in [0.5, 0.6) is 0 Å². The molecule has 2 N–H and O–H groups in total. The average molecular weight is 215 g/mol. The second-order valence-corrected chi connectivity index (χ2v) is 5.96. The summed E-state index contributed by atoms with van der Waals surface area (Å²) in [4.78, 5) is 0. The standard InChI is InChI=1S/C12H25NS/c1-2-11(9-6-10-13)14-12-7-4-3-5-8-12/h11-12H,2-10,13H2,1H3. The molecule has 1 unspecified atom stereocenters. The summed E-state index contributed by atoms with van der Waals surface area (Å²) in [6.07, 6.45) is 11.2. The predicted molar refractivity (Wildman–Crippen MR) is 66.8 cm³/mol. The summed E-state index contributed by atoms with van der Waals surface area (Å²) in [5.74, 6) is 0. The highest BCUT2D eigenvalue weighted by atomic mass is 32.2. The second kappa shape index (κ2) is 7.58. The van der Waals surface area contributed by atoms with Crippen LogP contribution in [0.4, 0.5) is 0 Å². The smallest absolute Gasteiger partial charge is 0.00498 e. The third kappa shape index (κ3) is 4.70. The maximum absolute atomic E-state index is 5.56. The van der Waals surface area contributed by atoms with Crippen LogP contribution in [0.15, 0.2) is 0 Å². The highest BCUT2D eigenvalue weighted by molar-refractivity contribution is 8.00. The Hall–Kier alpha value is 0.310. The van der Waals surface area contributed by atoms with Crippen LogP contribution < -0.4 is 5.73 Å².